The molecule has 0 N–H and O–H groups in total. The van der Waals surface area contributed by atoms with E-state index in [-0.39, 0.29) is 11.5 Å². The molecule has 0 aliphatic heterocycles. The Labute approximate surface area is 103 Å². The smallest absolute Gasteiger partial charge is 0.225 e. The van der Waals surface area contributed by atoms with Gasteiger partial charge in [-0.1, -0.05) is 0 Å². The number of nitrogens with zero attached hydrogens (tertiary/aromatic N) is 4. The fourth-order valence-corrected chi connectivity index (χ4v) is 2.50. The molecule has 0 atom stereocenters. The van der Waals surface area contributed by atoms with Gasteiger partial charge in [-0.2, -0.15) is 10.4 Å². The Kier molecular flexibility index (Phi) is 2.85. The van der Waals surface area contributed by atoms with Crippen LogP contribution in [0.1, 0.15) is 21.1 Å². The zero-order chi connectivity index (χ0) is 11.7. The molecule has 0 aliphatic rings. The second-order valence-corrected chi connectivity index (χ2v) is 4.56. The molecule has 2 heterocycles. The van der Waals surface area contributed by atoms with Crippen molar-refractivity contribution in [2.75, 3.05) is 0 Å². The molecule has 2 rings (SSSR count). The summed E-state index contributed by atoms with van der Waals surface area (Å²) in [6.45, 7) is 0. The van der Waals surface area contributed by atoms with Crippen molar-refractivity contribution in [1.82, 2.24) is 14.8 Å². The van der Waals surface area contributed by atoms with E-state index in [1.54, 1.807) is 12.6 Å². The lowest BCUT2D eigenvalue weighted by Crippen LogP contribution is -2.02. The number of ketones is 1. The number of thiazole rings is 1. The third-order valence-electron chi connectivity index (χ3n) is 1.96. The Morgan fingerprint density at radius 2 is 2.44 bits per heavy atom. The molecule has 0 unspecified atom stereocenters. The third-order valence-corrected chi connectivity index (χ3v) is 3.65. The molecule has 2 aromatic rings. The molecule has 0 bridgehead atoms. The number of aryl methyl sites for hydroxylation is 1. The molecule has 80 valence electrons. The molecule has 0 aromatic carbocycles. The number of halogens is 1. The van der Waals surface area contributed by atoms with Crippen molar-refractivity contribution in [1.29, 1.82) is 5.26 Å². The average Bonchev–Trinajstić information content (AvgIpc) is 2.83. The monoisotopic (exact) mass is 296 g/mol. The summed E-state index contributed by atoms with van der Waals surface area (Å²) in [5, 5.41) is 12.7. The molecule has 0 aliphatic carbocycles. The van der Waals surface area contributed by atoms with Gasteiger partial charge < -0.3 is 0 Å². The van der Waals surface area contributed by atoms with Crippen LogP contribution in [0.25, 0.3) is 0 Å². The van der Waals surface area contributed by atoms with E-state index in [2.05, 4.69) is 26.0 Å². The number of hydrogen-bond acceptors (Lipinski definition) is 5. The van der Waals surface area contributed by atoms with Crippen LogP contribution in [-0.4, -0.2) is 20.5 Å². The minimum absolute atomic E-state index is 0.230. The van der Waals surface area contributed by atoms with E-state index in [1.807, 2.05) is 6.07 Å². The predicted molar refractivity (Wildman–Crippen MR) is 61.2 cm³/mol. The summed E-state index contributed by atoms with van der Waals surface area (Å²) in [5.41, 5.74) is 2.18. The molecule has 2 aromatic heterocycles. The van der Waals surface area contributed by atoms with Gasteiger partial charge in [0.1, 0.15) is 26.9 Å². The molecule has 0 amide bonds. The first-order chi connectivity index (χ1) is 7.63. The van der Waals surface area contributed by atoms with Gasteiger partial charge in [0.05, 0.1) is 5.51 Å². The Morgan fingerprint density at radius 1 is 1.69 bits per heavy atom. The van der Waals surface area contributed by atoms with Crippen LogP contribution in [0.2, 0.25) is 0 Å². The lowest BCUT2D eigenvalue weighted by molar-refractivity contribution is 0.103. The number of hydrogen-bond donors (Lipinski definition) is 0. The van der Waals surface area contributed by atoms with Gasteiger partial charge >= 0.3 is 0 Å². The van der Waals surface area contributed by atoms with Gasteiger partial charge in [-0.05, 0) is 15.9 Å². The quantitative estimate of drug-likeness (QED) is 0.792. The lowest BCUT2D eigenvalue weighted by Gasteiger charge is -1.92. The van der Waals surface area contributed by atoms with Crippen molar-refractivity contribution in [3.8, 4) is 6.07 Å². The largest absolute Gasteiger partial charge is 0.286 e. The van der Waals surface area contributed by atoms with Crippen LogP contribution < -0.4 is 0 Å². The van der Waals surface area contributed by atoms with Crippen LogP contribution in [0.3, 0.4) is 0 Å². The standard InChI is InChI=1S/C9H5BrN4OS/c1-14-5(3-11)2-6(13-14)7(15)8-9(10)12-4-16-8/h2,4H,1H3. The SMILES string of the molecule is Cn1nc(C(=O)c2scnc2Br)cc1C#N. The summed E-state index contributed by atoms with van der Waals surface area (Å²) >= 11 is 4.42. The topological polar surface area (TPSA) is 71.6 Å². The van der Waals surface area contributed by atoms with E-state index < -0.39 is 0 Å². The molecule has 16 heavy (non-hydrogen) atoms. The van der Waals surface area contributed by atoms with Gasteiger partial charge in [0.15, 0.2) is 0 Å². The second-order valence-electron chi connectivity index (χ2n) is 2.95. The summed E-state index contributed by atoms with van der Waals surface area (Å²) < 4.78 is 1.88. The van der Waals surface area contributed by atoms with E-state index in [4.69, 9.17) is 5.26 Å². The number of nitriles is 1. The van der Waals surface area contributed by atoms with Gasteiger partial charge in [0.2, 0.25) is 5.78 Å². The van der Waals surface area contributed by atoms with Crippen LogP contribution in [0.4, 0.5) is 0 Å². The van der Waals surface area contributed by atoms with Crippen molar-refractivity contribution in [2.24, 2.45) is 7.05 Å². The highest BCUT2D eigenvalue weighted by molar-refractivity contribution is 9.10. The molecule has 7 heteroatoms. The molecule has 0 fully saturated rings. The highest BCUT2D eigenvalue weighted by Crippen LogP contribution is 2.22. The second kappa shape index (κ2) is 4.15. The molecule has 0 spiro atoms. The number of carbonyl (C=O) groups is 1. The molecular weight excluding hydrogens is 292 g/mol. The molecule has 5 nitrogen and oxygen atoms in total. The normalized spacial score (nSPS) is 10.1. The van der Waals surface area contributed by atoms with Crippen molar-refractivity contribution in [3.63, 3.8) is 0 Å². The third kappa shape index (κ3) is 1.77. The van der Waals surface area contributed by atoms with Crippen molar-refractivity contribution >= 4 is 33.0 Å². The molecule has 0 saturated heterocycles. The van der Waals surface area contributed by atoms with Crippen LogP contribution in [0.5, 0.6) is 0 Å². The Bertz CT molecular complexity index is 595. The zero-order valence-corrected chi connectivity index (χ0v) is 10.5. The molecule has 0 saturated carbocycles. The maximum atomic E-state index is 12.0. The Hall–Kier alpha value is -1.52. The molecule has 0 radical (unpaired) electrons. The first-order valence-electron chi connectivity index (χ1n) is 4.21. The van der Waals surface area contributed by atoms with E-state index in [0.717, 1.165) is 0 Å². The van der Waals surface area contributed by atoms with Crippen molar-refractivity contribution in [2.45, 2.75) is 0 Å². The van der Waals surface area contributed by atoms with E-state index >= 15 is 0 Å². The summed E-state index contributed by atoms with van der Waals surface area (Å²) in [4.78, 5) is 16.4. The zero-order valence-electron chi connectivity index (χ0n) is 8.14. The predicted octanol–water partition coefficient (Wildman–Crippen LogP) is 1.74. The minimum atomic E-state index is -0.230. The fourth-order valence-electron chi connectivity index (χ4n) is 1.18. The van der Waals surface area contributed by atoms with Gasteiger partial charge in [0.25, 0.3) is 0 Å². The van der Waals surface area contributed by atoms with E-state index in [0.29, 0.717) is 15.2 Å². The van der Waals surface area contributed by atoms with Gasteiger partial charge in [-0.3, -0.25) is 9.48 Å². The van der Waals surface area contributed by atoms with Crippen molar-refractivity contribution in [3.05, 3.63) is 32.4 Å². The highest BCUT2D eigenvalue weighted by atomic mass is 79.9. The summed E-state index contributed by atoms with van der Waals surface area (Å²) in [5.74, 6) is -0.230. The maximum Gasteiger partial charge on any atom is 0.225 e. The van der Waals surface area contributed by atoms with Gasteiger partial charge in [0, 0.05) is 13.1 Å². The number of rotatable bonds is 2. The highest BCUT2D eigenvalue weighted by Gasteiger charge is 2.19. The van der Waals surface area contributed by atoms with Crippen LogP contribution in [0, 0.1) is 11.3 Å². The van der Waals surface area contributed by atoms with Crippen molar-refractivity contribution < 1.29 is 4.79 Å². The van der Waals surface area contributed by atoms with Crippen LogP contribution in [0.15, 0.2) is 16.2 Å². The van der Waals surface area contributed by atoms with Gasteiger partial charge in [-0.15, -0.1) is 11.3 Å². The van der Waals surface area contributed by atoms with Crippen LogP contribution in [-0.2, 0) is 7.05 Å². The van der Waals surface area contributed by atoms with E-state index in [9.17, 15) is 4.79 Å². The maximum absolute atomic E-state index is 12.0. The lowest BCUT2D eigenvalue weighted by atomic mass is 10.2. The summed E-state index contributed by atoms with van der Waals surface area (Å²) in [6.07, 6.45) is 0. The average molecular weight is 297 g/mol. The Balaban J connectivity index is 2.43. The summed E-state index contributed by atoms with van der Waals surface area (Å²) in [7, 11) is 1.62. The molecular formula is C9H5BrN4OS. The minimum Gasteiger partial charge on any atom is -0.286 e. The van der Waals surface area contributed by atoms with Crippen LogP contribution >= 0.6 is 27.3 Å². The first-order valence-corrected chi connectivity index (χ1v) is 5.88. The van der Waals surface area contributed by atoms with Gasteiger partial charge in [-0.25, -0.2) is 4.98 Å². The Morgan fingerprint density at radius 3 is 2.94 bits per heavy atom. The number of carbonyl (C=O) groups excluding carboxylic acids is 1. The number of aromatic nitrogens is 3. The van der Waals surface area contributed by atoms with E-state index in [1.165, 1.54) is 22.1 Å². The first kappa shape index (κ1) is 11.0. The fraction of sp³-hybridized carbons (Fsp3) is 0.111. The summed E-state index contributed by atoms with van der Waals surface area (Å²) in [6, 6.07) is 3.42.